The fourth-order valence-electron chi connectivity index (χ4n) is 2.54. The van der Waals surface area contributed by atoms with Crippen LogP contribution in [-0.2, 0) is 0 Å². The Morgan fingerprint density at radius 2 is 1.50 bits per heavy atom. The zero-order chi connectivity index (χ0) is 14.8. The van der Waals surface area contributed by atoms with E-state index < -0.39 is 0 Å². The van der Waals surface area contributed by atoms with E-state index in [0.717, 1.165) is 11.0 Å². The minimum Gasteiger partial charge on any atom is -0.262 e. The van der Waals surface area contributed by atoms with E-state index >= 15 is 0 Å². The summed E-state index contributed by atoms with van der Waals surface area (Å²) in [5.41, 5.74) is 2.55. The summed E-state index contributed by atoms with van der Waals surface area (Å²) in [4.78, 5) is 4.66. The zero-order valence-electron chi connectivity index (χ0n) is 12.1. The molecule has 1 fully saturated rings. The van der Waals surface area contributed by atoms with Crippen molar-refractivity contribution >= 4 is 11.8 Å². The van der Waals surface area contributed by atoms with E-state index in [1.165, 1.54) is 24.0 Å². The van der Waals surface area contributed by atoms with Gasteiger partial charge in [-0.2, -0.15) is 0 Å². The first kappa shape index (κ1) is 13.6. The van der Waals surface area contributed by atoms with Gasteiger partial charge in [0, 0.05) is 5.92 Å². The molecule has 0 aliphatic heterocycles. The Bertz CT molecular complexity index is 696. The highest BCUT2D eigenvalue weighted by Gasteiger charge is 2.28. The topological polar surface area (TPSA) is 41.6 Å². The highest BCUT2D eigenvalue weighted by atomic mass is 32.2. The average molecular weight is 307 g/mol. The van der Waals surface area contributed by atoms with Gasteiger partial charge in [0.25, 0.3) is 0 Å². The molecule has 0 atom stereocenters. The molecule has 0 amide bonds. The highest BCUT2D eigenvalue weighted by Crippen LogP contribution is 2.41. The molecule has 0 bridgehead atoms. The van der Waals surface area contributed by atoms with Crippen LogP contribution in [0.4, 0.5) is 0 Å². The Balaban J connectivity index is 1.64. The van der Waals surface area contributed by atoms with Crippen molar-refractivity contribution in [1.29, 1.82) is 0 Å². The first-order valence-corrected chi connectivity index (χ1v) is 8.47. The Morgan fingerprint density at radius 3 is 2.05 bits per heavy atom. The summed E-state index contributed by atoms with van der Waals surface area (Å²) >= 11 is 1.71. The number of nitrogens with zero attached hydrogens (tertiary/aromatic N) is 2. The standard InChI is InChI=1S/C18H17N3S/c1-3-7-13(8-4-1)16(14-9-5-2-6-10-14)22-18-19-17(20-21-18)15-11-12-15/h1-10,15-16H,11-12H2,(H,19,20,21). The predicted octanol–water partition coefficient (Wildman–Crippen LogP) is 4.56. The van der Waals surface area contributed by atoms with Gasteiger partial charge in [0.15, 0.2) is 0 Å². The Morgan fingerprint density at radius 1 is 0.909 bits per heavy atom. The summed E-state index contributed by atoms with van der Waals surface area (Å²) in [6.45, 7) is 0. The molecule has 0 radical (unpaired) electrons. The molecule has 1 saturated carbocycles. The third-order valence-electron chi connectivity index (χ3n) is 3.87. The van der Waals surface area contributed by atoms with Crippen molar-refractivity contribution in [3.05, 3.63) is 77.6 Å². The molecule has 4 rings (SSSR count). The number of hydrogen-bond acceptors (Lipinski definition) is 3. The largest absolute Gasteiger partial charge is 0.262 e. The molecule has 1 aliphatic rings. The molecule has 3 aromatic rings. The van der Waals surface area contributed by atoms with Crippen LogP contribution in [0, 0.1) is 0 Å². The number of aromatic nitrogens is 3. The smallest absolute Gasteiger partial charge is 0.209 e. The Hall–Kier alpha value is -2.07. The maximum Gasteiger partial charge on any atom is 0.209 e. The van der Waals surface area contributed by atoms with Gasteiger partial charge in [-0.1, -0.05) is 72.4 Å². The van der Waals surface area contributed by atoms with Crippen molar-refractivity contribution in [3.63, 3.8) is 0 Å². The molecular formula is C18H17N3S. The maximum absolute atomic E-state index is 4.66. The average Bonchev–Trinajstić information content (AvgIpc) is 3.33. The molecule has 0 unspecified atom stereocenters. The lowest BCUT2D eigenvalue weighted by Gasteiger charge is -2.15. The lowest BCUT2D eigenvalue weighted by atomic mass is 10.0. The van der Waals surface area contributed by atoms with Crippen LogP contribution in [0.2, 0.25) is 0 Å². The summed E-state index contributed by atoms with van der Waals surface area (Å²) in [6, 6.07) is 21.1. The number of nitrogens with one attached hydrogen (secondary N) is 1. The first-order chi connectivity index (χ1) is 10.9. The fraction of sp³-hybridized carbons (Fsp3) is 0.222. The van der Waals surface area contributed by atoms with Gasteiger partial charge in [0.05, 0.1) is 5.25 Å². The number of hydrogen-bond donors (Lipinski definition) is 1. The molecule has 4 heteroatoms. The number of aromatic amines is 1. The summed E-state index contributed by atoms with van der Waals surface area (Å²) in [5.74, 6) is 1.65. The van der Waals surface area contributed by atoms with E-state index in [0.29, 0.717) is 5.92 Å². The lowest BCUT2D eigenvalue weighted by molar-refractivity contribution is 0.931. The van der Waals surface area contributed by atoms with Gasteiger partial charge in [0.2, 0.25) is 5.16 Å². The minimum atomic E-state index is 0.213. The second kappa shape index (κ2) is 5.97. The molecule has 110 valence electrons. The van der Waals surface area contributed by atoms with E-state index in [2.05, 4.69) is 63.7 Å². The summed E-state index contributed by atoms with van der Waals surface area (Å²) in [5, 5.41) is 8.54. The molecule has 2 aromatic carbocycles. The molecule has 1 heterocycles. The molecule has 1 aromatic heterocycles. The summed E-state index contributed by atoms with van der Waals surface area (Å²) in [7, 11) is 0. The fourth-order valence-corrected chi connectivity index (χ4v) is 3.59. The molecule has 1 N–H and O–H groups in total. The van der Waals surface area contributed by atoms with E-state index in [4.69, 9.17) is 0 Å². The molecule has 22 heavy (non-hydrogen) atoms. The number of thioether (sulfide) groups is 1. The second-order valence-electron chi connectivity index (χ2n) is 5.60. The molecule has 3 nitrogen and oxygen atoms in total. The quantitative estimate of drug-likeness (QED) is 0.702. The van der Waals surface area contributed by atoms with E-state index in [1.807, 2.05) is 12.1 Å². The van der Waals surface area contributed by atoms with Crippen LogP contribution in [0.5, 0.6) is 0 Å². The van der Waals surface area contributed by atoms with Crippen LogP contribution >= 0.6 is 11.8 Å². The van der Waals surface area contributed by atoms with Crippen molar-refractivity contribution in [3.8, 4) is 0 Å². The van der Waals surface area contributed by atoms with Gasteiger partial charge in [-0.15, -0.1) is 5.10 Å². The van der Waals surface area contributed by atoms with Gasteiger partial charge in [0.1, 0.15) is 5.82 Å². The third kappa shape index (κ3) is 2.92. The van der Waals surface area contributed by atoms with Crippen LogP contribution in [-0.4, -0.2) is 15.2 Å². The van der Waals surface area contributed by atoms with Crippen molar-refractivity contribution in [2.24, 2.45) is 0 Å². The van der Waals surface area contributed by atoms with Crippen LogP contribution < -0.4 is 0 Å². The van der Waals surface area contributed by atoms with Crippen LogP contribution in [0.1, 0.15) is 41.0 Å². The molecule has 0 spiro atoms. The van der Waals surface area contributed by atoms with Gasteiger partial charge < -0.3 is 0 Å². The predicted molar refractivity (Wildman–Crippen MR) is 88.9 cm³/mol. The van der Waals surface area contributed by atoms with Crippen LogP contribution in [0.15, 0.2) is 65.8 Å². The van der Waals surface area contributed by atoms with Crippen molar-refractivity contribution < 1.29 is 0 Å². The van der Waals surface area contributed by atoms with Gasteiger partial charge in [-0.25, -0.2) is 4.98 Å². The Kier molecular flexibility index (Phi) is 3.69. The van der Waals surface area contributed by atoms with Gasteiger partial charge in [-0.3, -0.25) is 5.10 Å². The molecular weight excluding hydrogens is 290 g/mol. The molecule has 1 aliphatic carbocycles. The van der Waals surface area contributed by atoms with Crippen LogP contribution in [0.3, 0.4) is 0 Å². The lowest BCUT2D eigenvalue weighted by Crippen LogP contribution is -1.97. The van der Waals surface area contributed by atoms with E-state index in [9.17, 15) is 0 Å². The summed E-state index contributed by atoms with van der Waals surface area (Å²) in [6.07, 6.45) is 2.47. The van der Waals surface area contributed by atoms with Crippen LogP contribution in [0.25, 0.3) is 0 Å². The van der Waals surface area contributed by atoms with Gasteiger partial charge in [-0.05, 0) is 24.0 Å². The van der Waals surface area contributed by atoms with Crippen molar-refractivity contribution in [2.75, 3.05) is 0 Å². The zero-order valence-corrected chi connectivity index (χ0v) is 13.0. The van der Waals surface area contributed by atoms with Gasteiger partial charge >= 0.3 is 0 Å². The Labute approximate surface area is 134 Å². The maximum atomic E-state index is 4.66. The number of benzene rings is 2. The number of H-pyrrole nitrogens is 1. The minimum absolute atomic E-state index is 0.213. The number of rotatable bonds is 5. The summed E-state index contributed by atoms with van der Waals surface area (Å²) < 4.78 is 0. The van der Waals surface area contributed by atoms with E-state index in [-0.39, 0.29) is 5.25 Å². The van der Waals surface area contributed by atoms with Crippen molar-refractivity contribution in [2.45, 2.75) is 29.2 Å². The molecule has 0 saturated heterocycles. The third-order valence-corrected chi connectivity index (χ3v) is 5.05. The second-order valence-corrected chi connectivity index (χ2v) is 6.67. The monoisotopic (exact) mass is 307 g/mol. The SMILES string of the molecule is c1ccc(C(Sc2n[nH]c(C3CC3)n2)c2ccccc2)cc1. The normalized spacial score (nSPS) is 14.4. The first-order valence-electron chi connectivity index (χ1n) is 7.59. The highest BCUT2D eigenvalue weighted by molar-refractivity contribution is 7.99. The van der Waals surface area contributed by atoms with E-state index in [1.54, 1.807) is 11.8 Å². The van der Waals surface area contributed by atoms with Crippen molar-refractivity contribution in [1.82, 2.24) is 15.2 Å².